The molecule has 1 rings (SSSR count). The highest BCUT2D eigenvalue weighted by Gasteiger charge is 2.27. The van der Waals surface area contributed by atoms with Crippen molar-refractivity contribution in [3.8, 4) is 0 Å². The Morgan fingerprint density at radius 3 is 2.27 bits per heavy atom. The Morgan fingerprint density at radius 2 is 1.77 bits per heavy atom. The summed E-state index contributed by atoms with van der Waals surface area (Å²) in [6.45, 7) is 9.04. The number of amides is 2. The molecule has 2 N–H and O–H groups in total. The minimum Gasteiger partial charge on any atom is -0.444 e. The van der Waals surface area contributed by atoms with Crippen LogP contribution in [0.15, 0.2) is 30.3 Å². The van der Waals surface area contributed by atoms with Crippen LogP contribution in [0, 0.1) is 5.92 Å². The molecule has 6 heteroatoms. The average molecular weight is 361 g/mol. The molecule has 2 amide bonds. The maximum absolute atomic E-state index is 12.7. The number of ether oxygens (including phenoxy) is 1. The van der Waals surface area contributed by atoms with Crippen LogP contribution in [0.4, 0.5) is 4.79 Å². The molecule has 26 heavy (non-hydrogen) atoms. The van der Waals surface area contributed by atoms with Gasteiger partial charge in [-0.05, 0) is 32.3 Å². The van der Waals surface area contributed by atoms with Crippen molar-refractivity contribution in [2.45, 2.75) is 65.1 Å². The number of hydrogen-bond donors (Lipinski definition) is 2. The van der Waals surface area contributed by atoms with Crippen molar-refractivity contribution in [1.29, 1.82) is 0 Å². The molecular weight excluding hydrogens is 332 g/mol. The molecule has 0 spiro atoms. The second-order valence-corrected chi connectivity index (χ2v) is 7.38. The molecule has 0 saturated heterocycles. The number of benzene rings is 1. The predicted octanol–water partition coefficient (Wildman–Crippen LogP) is 2.76. The van der Waals surface area contributed by atoms with Crippen molar-refractivity contribution in [1.82, 2.24) is 10.6 Å². The van der Waals surface area contributed by atoms with E-state index in [0.717, 1.165) is 12.0 Å². The molecule has 0 bridgehead atoms. The lowest BCUT2D eigenvalue weighted by Gasteiger charge is -2.25. The van der Waals surface area contributed by atoms with Gasteiger partial charge in [0.25, 0.3) is 0 Å². The topological polar surface area (TPSA) is 84.5 Å². The Labute approximate surface area is 155 Å². The highest BCUT2D eigenvalue weighted by molar-refractivity contribution is 5.88. The van der Waals surface area contributed by atoms with Gasteiger partial charge in [-0.3, -0.25) is 9.59 Å². The van der Waals surface area contributed by atoms with Crippen LogP contribution in [0.3, 0.4) is 0 Å². The van der Waals surface area contributed by atoms with Gasteiger partial charge in [0.2, 0.25) is 12.2 Å². The zero-order valence-corrected chi connectivity index (χ0v) is 16.2. The number of carbonyl (C=O) groups excluding carboxylic acids is 3. The van der Waals surface area contributed by atoms with E-state index in [1.165, 1.54) is 0 Å². The quantitative estimate of drug-likeness (QED) is 0.746. The van der Waals surface area contributed by atoms with Crippen molar-refractivity contribution in [2.75, 3.05) is 0 Å². The van der Waals surface area contributed by atoms with Gasteiger partial charge in [0.15, 0.2) is 0 Å². The van der Waals surface area contributed by atoms with Crippen molar-refractivity contribution in [2.24, 2.45) is 5.92 Å². The van der Waals surface area contributed by atoms with Crippen LogP contribution < -0.4 is 10.6 Å². The van der Waals surface area contributed by atoms with Crippen molar-refractivity contribution in [3.63, 3.8) is 0 Å². The Kier molecular flexibility index (Phi) is 8.29. The van der Waals surface area contributed by atoms with Gasteiger partial charge in [-0.25, -0.2) is 4.79 Å². The summed E-state index contributed by atoms with van der Waals surface area (Å²) in [6.07, 6.45) is 2.21. The van der Waals surface area contributed by atoms with E-state index in [2.05, 4.69) is 10.6 Å². The predicted molar refractivity (Wildman–Crippen MR) is 100 cm³/mol. The summed E-state index contributed by atoms with van der Waals surface area (Å²) in [6, 6.07) is 7.76. The lowest BCUT2D eigenvalue weighted by Crippen LogP contribution is -2.53. The summed E-state index contributed by atoms with van der Waals surface area (Å²) in [5.74, 6) is -0.483. The molecule has 3 atom stereocenters. The molecule has 0 aliphatic rings. The first kappa shape index (κ1) is 21.7. The van der Waals surface area contributed by atoms with E-state index in [1.54, 1.807) is 20.8 Å². The molecular formula is C20H29N2O4. The molecule has 0 heterocycles. The smallest absolute Gasteiger partial charge is 0.408 e. The number of rotatable bonds is 8. The minimum atomic E-state index is -0.854. The summed E-state index contributed by atoms with van der Waals surface area (Å²) in [7, 11) is 0. The molecule has 0 aliphatic heterocycles. The summed E-state index contributed by atoms with van der Waals surface area (Å²) < 4.78 is 5.25. The number of nitrogens with one attached hydrogen (secondary N) is 2. The Morgan fingerprint density at radius 1 is 1.15 bits per heavy atom. The minimum absolute atomic E-state index is 0.0460. The molecule has 0 aromatic heterocycles. The van der Waals surface area contributed by atoms with Gasteiger partial charge in [0.1, 0.15) is 11.6 Å². The molecule has 143 valence electrons. The molecule has 1 aromatic carbocycles. The van der Waals surface area contributed by atoms with E-state index in [9.17, 15) is 14.4 Å². The van der Waals surface area contributed by atoms with E-state index < -0.39 is 29.7 Å². The lowest BCUT2D eigenvalue weighted by molar-refractivity contribution is -0.123. The summed E-state index contributed by atoms with van der Waals surface area (Å²) in [5.41, 5.74) is 0.215. The van der Waals surface area contributed by atoms with E-state index in [-0.39, 0.29) is 12.3 Å². The number of hydrogen-bond acceptors (Lipinski definition) is 4. The second kappa shape index (κ2) is 9.94. The van der Waals surface area contributed by atoms with Gasteiger partial charge in [-0.2, -0.15) is 0 Å². The molecule has 0 fully saturated rings. The first-order chi connectivity index (χ1) is 12.2. The van der Waals surface area contributed by atoms with Crippen LogP contribution in [-0.2, 0) is 20.7 Å². The summed E-state index contributed by atoms with van der Waals surface area (Å²) >= 11 is 0. The first-order valence-electron chi connectivity index (χ1n) is 8.87. The first-order valence-corrected chi connectivity index (χ1v) is 8.87. The largest absolute Gasteiger partial charge is 0.444 e. The summed E-state index contributed by atoms with van der Waals surface area (Å²) in [4.78, 5) is 36.0. The van der Waals surface area contributed by atoms with Crippen LogP contribution >= 0.6 is 0 Å². The van der Waals surface area contributed by atoms with Crippen molar-refractivity contribution in [3.05, 3.63) is 35.9 Å². The average Bonchev–Trinajstić information content (AvgIpc) is 2.57. The Bertz CT molecular complexity index is 596. The lowest BCUT2D eigenvalue weighted by atomic mass is 9.99. The Balaban J connectivity index is 2.89. The molecule has 1 unspecified atom stereocenters. The maximum Gasteiger partial charge on any atom is 0.408 e. The van der Waals surface area contributed by atoms with Crippen LogP contribution in [0.2, 0.25) is 0 Å². The van der Waals surface area contributed by atoms with Gasteiger partial charge in [0, 0.05) is 6.42 Å². The zero-order chi connectivity index (χ0) is 19.7. The fourth-order valence-electron chi connectivity index (χ4n) is 2.29. The molecule has 0 saturated carbocycles. The van der Waals surface area contributed by atoms with Gasteiger partial charge >= 0.3 is 6.09 Å². The SMILES string of the molecule is CCC(C)[C@@H]([C]=O)NC(=O)[C@H](Cc1ccccc1)NC(=O)OC(C)(C)C. The van der Waals surface area contributed by atoms with E-state index in [4.69, 9.17) is 4.74 Å². The van der Waals surface area contributed by atoms with Crippen LogP contribution in [-0.4, -0.2) is 36.0 Å². The third kappa shape index (κ3) is 7.68. The number of alkyl carbamates (subject to hydrolysis) is 1. The molecule has 0 aliphatic carbocycles. The van der Waals surface area contributed by atoms with Crippen LogP contribution in [0.1, 0.15) is 46.6 Å². The highest BCUT2D eigenvalue weighted by atomic mass is 16.6. The zero-order valence-electron chi connectivity index (χ0n) is 16.2. The van der Waals surface area contributed by atoms with Gasteiger partial charge < -0.3 is 15.4 Å². The molecule has 6 nitrogen and oxygen atoms in total. The third-order valence-corrected chi connectivity index (χ3v) is 3.93. The fourth-order valence-corrected chi connectivity index (χ4v) is 2.29. The van der Waals surface area contributed by atoms with Gasteiger partial charge in [0.05, 0.1) is 6.04 Å². The molecule has 1 radical (unpaired) electrons. The van der Waals surface area contributed by atoms with E-state index >= 15 is 0 Å². The van der Waals surface area contributed by atoms with Gasteiger partial charge in [-0.1, -0.05) is 50.6 Å². The Hall–Kier alpha value is -2.37. The van der Waals surface area contributed by atoms with Crippen molar-refractivity contribution >= 4 is 18.3 Å². The van der Waals surface area contributed by atoms with Gasteiger partial charge in [-0.15, -0.1) is 0 Å². The van der Waals surface area contributed by atoms with E-state index in [0.29, 0.717) is 0 Å². The van der Waals surface area contributed by atoms with E-state index in [1.807, 2.05) is 50.5 Å². The van der Waals surface area contributed by atoms with Crippen LogP contribution in [0.5, 0.6) is 0 Å². The fraction of sp³-hybridized carbons (Fsp3) is 0.550. The van der Waals surface area contributed by atoms with Crippen LogP contribution in [0.25, 0.3) is 0 Å². The standard InChI is InChI=1S/C20H29N2O4/c1-6-14(2)17(13-23)21-18(24)16(12-15-10-8-7-9-11-15)22-19(25)26-20(3,4)5/h7-11,14,16-17H,6,12H2,1-5H3,(H,21,24)(H,22,25)/t14?,16-,17+/m0/s1. The second-order valence-electron chi connectivity index (χ2n) is 7.38. The maximum atomic E-state index is 12.7. The normalized spacial score (nSPS) is 14.7. The number of carbonyl (C=O) groups is 2. The highest BCUT2D eigenvalue weighted by Crippen LogP contribution is 2.10. The molecule has 1 aromatic rings. The van der Waals surface area contributed by atoms with Crippen molar-refractivity contribution < 1.29 is 19.1 Å². The third-order valence-electron chi connectivity index (χ3n) is 3.93. The summed E-state index contributed by atoms with van der Waals surface area (Å²) in [5, 5.41) is 5.28. The monoisotopic (exact) mass is 361 g/mol.